The number of para-hydroxylation sites is 1. The zero-order valence-corrected chi connectivity index (χ0v) is 14.4. The molecule has 0 aliphatic carbocycles. The Morgan fingerprint density at radius 1 is 1.04 bits per heavy atom. The molecule has 1 unspecified atom stereocenters. The van der Waals surface area contributed by atoms with Crippen molar-refractivity contribution < 1.29 is 13.5 Å². The molecule has 23 heavy (non-hydrogen) atoms. The van der Waals surface area contributed by atoms with Gasteiger partial charge in [-0.05, 0) is 56.0 Å². The fourth-order valence-electron chi connectivity index (χ4n) is 3.04. The third-order valence-corrected chi connectivity index (χ3v) is 6.34. The van der Waals surface area contributed by atoms with E-state index in [0.717, 1.165) is 16.7 Å². The Morgan fingerprint density at radius 3 is 2.48 bits per heavy atom. The van der Waals surface area contributed by atoms with E-state index in [1.165, 1.54) is 4.31 Å². The highest BCUT2D eigenvalue weighted by molar-refractivity contribution is 7.92. The van der Waals surface area contributed by atoms with Gasteiger partial charge in [-0.15, -0.1) is 0 Å². The Morgan fingerprint density at radius 2 is 1.78 bits per heavy atom. The summed E-state index contributed by atoms with van der Waals surface area (Å²) in [7, 11) is -3.64. The van der Waals surface area contributed by atoms with Crippen LogP contribution >= 0.6 is 0 Å². The normalized spacial score (nSPS) is 17.9. The van der Waals surface area contributed by atoms with Gasteiger partial charge in [-0.1, -0.05) is 24.3 Å². The first-order chi connectivity index (χ1) is 10.8. The Hall–Kier alpha value is -1.85. The van der Waals surface area contributed by atoms with Gasteiger partial charge in [0.05, 0.1) is 16.7 Å². The van der Waals surface area contributed by atoms with Gasteiger partial charge in [0.15, 0.2) is 0 Å². The van der Waals surface area contributed by atoms with Crippen molar-refractivity contribution in [2.24, 2.45) is 0 Å². The third kappa shape index (κ3) is 2.64. The Bertz CT molecular complexity index is 859. The molecule has 1 aliphatic rings. The molecule has 1 heterocycles. The molecule has 0 radical (unpaired) electrons. The standard InChI is InChI=1S/C18H21NO3S/c1-12-7-8-15(11-14(12)3)23(21,22)19-10-9-17(20)16-6-4-5-13(2)18(16)19/h4-8,11,17,20H,9-10H2,1-3H3. The number of anilines is 1. The fraction of sp³-hybridized carbons (Fsp3) is 0.333. The molecule has 3 rings (SSSR count). The second kappa shape index (κ2) is 5.65. The van der Waals surface area contributed by atoms with Crippen molar-refractivity contribution in [2.45, 2.75) is 38.2 Å². The van der Waals surface area contributed by atoms with Crippen LogP contribution in [0.5, 0.6) is 0 Å². The minimum Gasteiger partial charge on any atom is -0.388 e. The molecule has 0 saturated carbocycles. The second-order valence-electron chi connectivity index (χ2n) is 6.14. The zero-order chi connectivity index (χ0) is 16.8. The predicted molar refractivity (Wildman–Crippen MR) is 91.2 cm³/mol. The molecule has 0 saturated heterocycles. The van der Waals surface area contributed by atoms with E-state index in [1.54, 1.807) is 18.2 Å². The first kappa shape index (κ1) is 16.0. The number of hydrogen-bond donors (Lipinski definition) is 1. The summed E-state index contributed by atoms with van der Waals surface area (Å²) >= 11 is 0. The summed E-state index contributed by atoms with van der Waals surface area (Å²) in [6.07, 6.45) is -0.211. The molecule has 0 bridgehead atoms. The summed E-state index contributed by atoms with van der Waals surface area (Å²) in [6.45, 7) is 6.03. The lowest BCUT2D eigenvalue weighted by molar-refractivity contribution is 0.166. The lowest BCUT2D eigenvalue weighted by Gasteiger charge is -2.34. The smallest absolute Gasteiger partial charge is 0.264 e. The minimum absolute atomic E-state index is 0.286. The van der Waals surface area contributed by atoms with Crippen LogP contribution in [0.3, 0.4) is 0 Å². The molecule has 5 heteroatoms. The van der Waals surface area contributed by atoms with Gasteiger partial charge in [-0.3, -0.25) is 4.31 Å². The molecule has 0 amide bonds. The number of nitrogens with zero attached hydrogens (tertiary/aromatic N) is 1. The van der Waals surface area contributed by atoms with Crippen molar-refractivity contribution in [3.63, 3.8) is 0 Å². The van der Waals surface area contributed by atoms with Gasteiger partial charge in [0.2, 0.25) is 0 Å². The van der Waals surface area contributed by atoms with Crippen LogP contribution in [0.2, 0.25) is 0 Å². The summed E-state index contributed by atoms with van der Waals surface area (Å²) in [4.78, 5) is 0.297. The molecule has 0 spiro atoms. The third-order valence-electron chi connectivity index (χ3n) is 4.55. The van der Waals surface area contributed by atoms with E-state index in [9.17, 15) is 13.5 Å². The average molecular weight is 331 g/mol. The Kier molecular flexibility index (Phi) is 3.94. The van der Waals surface area contributed by atoms with Gasteiger partial charge >= 0.3 is 0 Å². The van der Waals surface area contributed by atoms with E-state index >= 15 is 0 Å². The van der Waals surface area contributed by atoms with Crippen LogP contribution < -0.4 is 4.31 Å². The average Bonchev–Trinajstić information content (AvgIpc) is 2.51. The molecular weight excluding hydrogens is 310 g/mol. The van der Waals surface area contributed by atoms with Crippen LogP contribution in [0.15, 0.2) is 41.3 Å². The van der Waals surface area contributed by atoms with Gasteiger partial charge < -0.3 is 5.11 Å². The molecule has 4 nitrogen and oxygen atoms in total. The molecule has 2 aromatic carbocycles. The number of aryl methyl sites for hydroxylation is 3. The highest BCUT2D eigenvalue weighted by Gasteiger charge is 2.33. The summed E-state index contributed by atoms with van der Waals surface area (Å²) in [5.41, 5.74) is 4.17. The van der Waals surface area contributed by atoms with Gasteiger partial charge in [0, 0.05) is 12.1 Å². The molecular formula is C18H21NO3S. The van der Waals surface area contributed by atoms with Crippen LogP contribution in [0.25, 0.3) is 0 Å². The lowest BCUT2D eigenvalue weighted by atomic mass is 9.98. The van der Waals surface area contributed by atoms with Crippen LogP contribution in [0.4, 0.5) is 5.69 Å². The van der Waals surface area contributed by atoms with Gasteiger partial charge in [-0.25, -0.2) is 8.42 Å². The largest absolute Gasteiger partial charge is 0.388 e. The maximum Gasteiger partial charge on any atom is 0.264 e. The number of benzene rings is 2. The summed E-state index contributed by atoms with van der Waals surface area (Å²) in [5.74, 6) is 0. The van der Waals surface area contributed by atoms with Crippen molar-refractivity contribution in [1.29, 1.82) is 0 Å². The first-order valence-corrected chi connectivity index (χ1v) is 9.14. The predicted octanol–water partition coefficient (Wildman–Crippen LogP) is 3.24. The van der Waals surface area contributed by atoms with E-state index in [-0.39, 0.29) is 6.54 Å². The fourth-order valence-corrected chi connectivity index (χ4v) is 4.70. The number of rotatable bonds is 2. The SMILES string of the molecule is Cc1ccc(S(=O)(=O)N2CCC(O)c3cccc(C)c32)cc1C. The van der Waals surface area contributed by atoms with Crippen LogP contribution in [-0.4, -0.2) is 20.1 Å². The maximum atomic E-state index is 13.1. The van der Waals surface area contributed by atoms with E-state index in [0.29, 0.717) is 22.6 Å². The van der Waals surface area contributed by atoms with Crippen molar-refractivity contribution in [1.82, 2.24) is 0 Å². The zero-order valence-electron chi connectivity index (χ0n) is 13.6. The second-order valence-corrected chi connectivity index (χ2v) is 8.00. The maximum absolute atomic E-state index is 13.1. The number of aliphatic hydroxyl groups excluding tert-OH is 1. The Labute approximate surface area is 137 Å². The molecule has 0 fully saturated rings. The van der Waals surface area contributed by atoms with Crippen molar-refractivity contribution in [3.8, 4) is 0 Å². The number of hydrogen-bond acceptors (Lipinski definition) is 3. The quantitative estimate of drug-likeness (QED) is 0.919. The highest BCUT2D eigenvalue weighted by atomic mass is 32.2. The minimum atomic E-state index is -3.64. The topological polar surface area (TPSA) is 57.6 Å². The number of aliphatic hydroxyl groups is 1. The summed E-state index contributed by atoms with van der Waals surface area (Å²) < 4.78 is 27.7. The van der Waals surface area contributed by atoms with Gasteiger partial charge in [0.1, 0.15) is 0 Å². The monoisotopic (exact) mass is 331 g/mol. The van der Waals surface area contributed by atoms with Crippen molar-refractivity contribution in [2.75, 3.05) is 10.8 Å². The molecule has 1 N–H and O–H groups in total. The van der Waals surface area contributed by atoms with Crippen LogP contribution in [0.1, 0.15) is 34.8 Å². The van der Waals surface area contributed by atoms with E-state index in [2.05, 4.69) is 0 Å². The first-order valence-electron chi connectivity index (χ1n) is 7.70. The van der Waals surface area contributed by atoms with Gasteiger partial charge in [-0.2, -0.15) is 0 Å². The lowest BCUT2D eigenvalue weighted by Crippen LogP contribution is -2.37. The van der Waals surface area contributed by atoms with Crippen molar-refractivity contribution in [3.05, 3.63) is 58.7 Å². The number of fused-ring (bicyclic) bond motifs is 1. The van der Waals surface area contributed by atoms with E-state index < -0.39 is 16.1 Å². The summed E-state index contributed by atoms with van der Waals surface area (Å²) in [6, 6.07) is 10.7. The Balaban J connectivity index is 2.15. The molecule has 2 aromatic rings. The van der Waals surface area contributed by atoms with Crippen molar-refractivity contribution >= 4 is 15.7 Å². The van der Waals surface area contributed by atoms with Crippen LogP contribution in [0, 0.1) is 20.8 Å². The highest BCUT2D eigenvalue weighted by Crippen LogP contribution is 2.39. The summed E-state index contributed by atoms with van der Waals surface area (Å²) in [5, 5.41) is 10.2. The molecule has 1 atom stereocenters. The van der Waals surface area contributed by atoms with E-state index in [1.807, 2.05) is 39.0 Å². The van der Waals surface area contributed by atoms with Crippen LogP contribution in [-0.2, 0) is 10.0 Å². The number of sulfonamides is 1. The molecule has 122 valence electrons. The van der Waals surface area contributed by atoms with Gasteiger partial charge in [0.25, 0.3) is 10.0 Å². The molecule has 1 aliphatic heterocycles. The van der Waals surface area contributed by atoms with E-state index in [4.69, 9.17) is 0 Å². The molecule has 0 aromatic heterocycles.